The molecule has 0 spiro atoms. The Labute approximate surface area is 171 Å². The molecule has 0 bridgehead atoms. The zero-order valence-electron chi connectivity index (χ0n) is 16.5. The summed E-state index contributed by atoms with van der Waals surface area (Å²) < 4.78 is 7.05. The van der Waals surface area contributed by atoms with Crippen LogP contribution in [0.1, 0.15) is 28.8 Å². The van der Waals surface area contributed by atoms with E-state index < -0.39 is 35.7 Å². The molecule has 0 radical (unpaired) electrons. The van der Waals surface area contributed by atoms with Crippen LogP contribution in [0.2, 0.25) is 0 Å². The van der Waals surface area contributed by atoms with Gasteiger partial charge in [0, 0.05) is 25.2 Å². The van der Waals surface area contributed by atoms with E-state index in [1.807, 2.05) is 30.3 Å². The van der Waals surface area contributed by atoms with E-state index in [4.69, 9.17) is 4.74 Å². The third-order valence-corrected chi connectivity index (χ3v) is 5.78. The summed E-state index contributed by atoms with van der Waals surface area (Å²) >= 11 is 0. The SMILES string of the molecule is COC(=O)[C@@H]1Cc2ccccc2CN1C(=O)Cn1c(=O)c(C#N)c2n(c1=O)CCC2. The molecule has 1 amide bonds. The van der Waals surface area contributed by atoms with Crippen molar-refractivity contribution in [1.82, 2.24) is 14.0 Å². The highest BCUT2D eigenvalue weighted by molar-refractivity contribution is 5.85. The number of nitriles is 1. The lowest BCUT2D eigenvalue weighted by Gasteiger charge is -2.35. The van der Waals surface area contributed by atoms with Gasteiger partial charge in [-0.3, -0.25) is 14.2 Å². The molecular weight excluding hydrogens is 388 g/mol. The Bertz CT molecular complexity index is 1200. The van der Waals surface area contributed by atoms with Gasteiger partial charge in [0.15, 0.2) is 0 Å². The topological polar surface area (TPSA) is 114 Å². The number of hydrogen-bond acceptors (Lipinski definition) is 6. The Morgan fingerprint density at radius 2 is 1.97 bits per heavy atom. The smallest absolute Gasteiger partial charge is 0.331 e. The second kappa shape index (κ2) is 7.63. The second-order valence-electron chi connectivity index (χ2n) is 7.40. The highest BCUT2D eigenvalue weighted by Gasteiger charge is 2.36. The molecule has 9 heteroatoms. The van der Waals surface area contributed by atoms with Crippen molar-refractivity contribution in [1.29, 1.82) is 5.26 Å². The number of aromatic nitrogens is 2. The van der Waals surface area contributed by atoms with E-state index in [0.717, 1.165) is 15.7 Å². The molecule has 154 valence electrons. The minimum atomic E-state index is -0.847. The van der Waals surface area contributed by atoms with Crippen LogP contribution in [-0.4, -0.2) is 39.1 Å². The van der Waals surface area contributed by atoms with Gasteiger partial charge in [-0.1, -0.05) is 24.3 Å². The molecular formula is C21H20N4O5. The second-order valence-corrected chi connectivity index (χ2v) is 7.40. The Kier molecular flexibility index (Phi) is 4.99. The minimum absolute atomic E-state index is 0.103. The van der Waals surface area contributed by atoms with Crippen molar-refractivity contribution < 1.29 is 14.3 Å². The summed E-state index contributed by atoms with van der Waals surface area (Å²) in [6, 6.07) is 8.49. The first-order valence-corrected chi connectivity index (χ1v) is 9.67. The van der Waals surface area contributed by atoms with E-state index in [9.17, 15) is 24.4 Å². The monoisotopic (exact) mass is 408 g/mol. The molecule has 2 aliphatic rings. The maximum absolute atomic E-state index is 13.1. The average molecular weight is 408 g/mol. The van der Waals surface area contributed by atoms with Crippen molar-refractivity contribution in [3.8, 4) is 6.07 Å². The summed E-state index contributed by atoms with van der Waals surface area (Å²) in [4.78, 5) is 52.3. The lowest BCUT2D eigenvalue weighted by Crippen LogP contribution is -2.52. The Morgan fingerprint density at radius 3 is 2.67 bits per heavy atom. The number of carbonyl (C=O) groups is 2. The number of amides is 1. The molecule has 1 aromatic heterocycles. The Hall–Kier alpha value is -3.67. The molecule has 30 heavy (non-hydrogen) atoms. The summed E-state index contributed by atoms with van der Waals surface area (Å²) in [5.74, 6) is -1.12. The highest BCUT2D eigenvalue weighted by Crippen LogP contribution is 2.24. The molecule has 2 aromatic rings. The first kappa shape index (κ1) is 19.6. The summed E-state index contributed by atoms with van der Waals surface area (Å²) in [6.07, 6.45) is 1.43. The first-order chi connectivity index (χ1) is 14.5. The van der Waals surface area contributed by atoms with Crippen LogP contribution in [0.3, 0.4) is 0 Å². The van der Waals surface area contributed by atoms with Gasteiger partial charge in [0.05, 0.1) is 7.11 Å². The molecule has 0 N–H and O–H groups in total. The number of fused-ring (bicyclic) bond motifs is 2. The van der Waals surface area contributed by atoms with Crippen LogP contribution in [0.15, 0.2) is 33.9 Å². The van der Waals surface area contributed by atoms with Gasteiger partial charge >= 0.3 is 11.7 Å². The van der Waals surface area contributed by atoms with Gasteiger partial charge in [-0.15, -0.1) is 0 Å². The summed E-state index contributed by atoms with van der Waals surface area (Å²) in [5.41, 5.74) is 0.784. The van der Waals surface area contributed by atoms with Crippen LogP contribution in [0.25, 0.3) is 0 Å². The predicted molar refractivity (Wildman–Crippen MR) is 104 cm³/mol. The van der Waals surface area contributed by atoms with E-state index in [0.29, 0.717) is 25.1 Å². The van der Waals surface area contributed by atoms with Crippen LogP contribution in [0.4, 0.5) is 0 Å². The van der Waals surface area contributed by atoms with Gasteiger partial charge < -0.3 is 9.64 Å². The largest absolute Gasteiger partial charge is 0.467 e. The van der Waals surface area contributed by atoms with Crippen molar-refractivity contribution in [2.45, 2.75) is 44.9 Å². The molecule has 1 aromatic carbocycles. The molecule has 9 nitrogen and oxygen atoms in total. The predicted octanol–water partition coefficient (Wildman–Crippen LogP) is -0.0456. The number of carbonyl (C=O) groups excluding carboxylic acids is 2. The van der Waals surface area contributed by atoms with Crippen molar-refractivity contribution in [3.63, 3.8) is 0 Å². The Balaban J connectivity index is 1.72. The maximum atomic E-state index is 13.1. The number of rotatable bonds is 3. The normalized spacial score (nSPS) is 17.1. The number of ether oxygens (including phenoxy) is 1. The molecule has 0 saturated heterocycles. The van der Waals surface area contributed by atoms with E-state index >= 15 is 0 Å². The number of methoxy groups -OCH3 is 1. The first-order valence-electron chi connectivity index (χ1n) is 9.67. The lowest BCUT2D eigenvalue weighted by atomic mass is 9.94. The zero-order chi connectivity index (χ0) is 21.4. The number of esters is 1. The van der Waals surface area contributed by atoms with E-state index in [2.05, 4.69) is 0 Å². The zero-order valence-corrected chi connectivity index (χ0v) is 16.5. The average Bonchev–Trinajstić information content (AvgIpc) is 3.25. The van der Waals surface area contributed by atoms with Gasteiger partial charge in [0.25, 0.3) is 5.56 Å². The van der Waals surface area contributed by atoms with Crippen molar-refractivity contribution >= 4 is 11.9 Å². The van der Waals surface area contributed by atoms with Gasteiger partial charge in [0.2, 0.25) is 5.91 Å². The standard InChI is InChI=1S/C21H20N4O5/c1-30-20(28)17-9-13-5-2-3-6-14(13)11-24(17)18(26)12-25-19(27)15(10-22)16-7-4-8-23(16)21(25)29/h2-3,5-6,17H,4,7-9,11-12H2,1H3/t17-/m0/s1. The summed E-state index contributed by atoms with van der Waals surface area (Å²) in [6.45, 7) is 0.0301. The quantitative estimate of drug-likeness (QED) is 0.658. The van der Waals surface area contributed by atoms with Crippen LogP contribution in [-0.2, 0) is 46.8 Å². The number of benzene rings is 1. The molecule has 2 aliphatic heterocycles. The maximum Gasteiger partial charge on any atom is 0.331 e. The van der Waals surface area contributed by atoms with E-state index in [1.54, 1.807) is 0 Å². The Morgan fingerprint density at radius 1 is 1.23 bits per heavy atom. The molecule has 3 heterocycles. The van der Waals surface area contributed by atoms with Crippen molar-refractivity contribution in [3.05, 3.63) is 67.5 Å². The van der Waals surface area contributed by atoms with Crippen molar-refractivity contribution in [2.24, 2.45) is 0 Å². The fourth-order valence-electron chi connectivity index (χ4n) is 4.25. The molecule has 0 saturated carbocycles. The summed E-state index contributed by atoms with van der Waals surface area (Å²) in [7, 11) is 1.25. The van der Waals surface area contributed by atoms with Crippen LogP contribution >= 0.6 is 0 Å². The fraction of sp³-hybridized carbons (Fsp3) is 0.381. The van der Waals surface area contributed by atoms with Gasteiger partial charge in [-0.25, -0.2) is 14.2 Å². The third kappa shape index (κ3) is 3.10. The van der Waals surface area contributed by atoms with Crippen LogP contribution in [0.5, 0.6) is 0 Å². The van der Waals surface area contributed by atoms with E-state index in [-0.39, 0.29) is 18.5 Å². The van der Waals surface area contributed by atoms with Gasteiger partial charge in [-0.2, -0.15) is 5.26 Å². The highest BCUT2D eigenvalue weighted by atomic mass is 16.5. The van der Waals surface area contributed by atoms with Gasteiger partial charge in [-0.05, 0) is 24.0 Å². The number of hydrogen-bond donors (Lipinski definition) is 0. The molecule has 0 fully saturated rings. The van der Waals surface area contributed by atoms with Crippen molar-refractivity contribution in [2.75, 3.05) is 7.11 Å². The van der Waals surface area contributed by atoms with Crippen LogP contribution < -0.4 is 11.2 Å². The molecule has 0 unspecified atom stereocenters. The van der Waals surface area contributed by atoms with Crippen LogP contribution in [0, 0.1) is 11.3 Å². The van der Waals surface area contributed by atoms with Gasteiger partial charge in [0.1, 0.15) is 24.2 Å². The summed E-state index contributed by atoms with van der Waals surface area (Å²) in [5, 5.41) is 9.40. The molecule has 0 aliphatic carbocycles. The lowest BCUT2D eigenvalue weighted by molar-refractivity contribution is -0.154. The van der Waals surface area contributed by atoms with E-state index in [1.165, 1.54) is 16.6 Å². The fourth-order valence-corrected chi connectivity index (χ4v) is 4.25. The molecule has 4 rings (SSSR count). The minimum Gasteiger partial charge on any atom is -0.467 e. The number of nitrogens with zero attached hydrogens (tertiary/aromatic N) is 4. The third-order valence-electron chi connectivity index (χ3n) is 5.78. The molecule has 1 atom stereocenters.